The van der Waals surface area contributed by atoms with Crippen LogP contribution >= 0.6 is 0 Å². The Morgan fingerprint density at radius 2 is 2.05 bits per heavy atom. The quantitative estimate of drug-likeness (QED) is 0.841. The lowest BCUT2D eigenvalue weighted by atomic mass is 9.88. The van der Waals surface area contributed by atoms with Crippen LogP contribution in [0.2, 0.25) is 0 Å². The van der Waals surface area contributed by atoms with Crippen LogP contribution in [0.25, 0.3) is 0 Å². The van der Waals surface area contributed by atoms with E-state index in [2.05, 4.69) is 0 Å². The summed E-state index contributed by atoms with van der Waals surface area (Å²) in [5.41, 5.74) is 4.23. The van der Waals surface area contributed by atoms with Crippen molar-refractivity contribution in [2.75, 3.05) is 6.61 Å². The van der Waals surface area contributed by atoms with Crippen LogP contribution in [-0.2, 0) is 10.9 Å². The summed E-state index contributed by atoms with van der Waals surface area (Å²) in [6, 6.07) is 2.14. The highest BCUT2D eigenvalue weighted by molar-refractivity contribution is 5.31. The van der Waals surface area contributed by atoms with Gasteiger partial charge in [0.25, 0.3) is 0 Å². The van der Waals surface area contributed by atoms with Gasteiger partial charge in [-0.25, -0.2) is 4.39 Å². The number of hydrogen-bond donors (Lipinski definition) is 1. The molecule has 2 atom stereocenters. The first-order valence-electron chi connectivity index (χ1n) is 6.00. The molecule has 2 rings (SSSR count). The highest BCUT2D eigenvalue weighted by atomic mass is 19.4. The minimum Gasteiger partial charge on any atom is -0.373 e. The molecule has 1 aliphatic heterocycles. The van der Waals surface area contributed by atoms with Gasteiger partial charge in [-0.1, -0.05) is 6.07 Å². The Bertz CT molecular complexity index is 466. The number of alkyl halides is 3. The van der Waals surface area contributed by atoms with Crippen molar-refractivity contribution in [2.45, 2.75) is 37.6 Å². The highest BCUT2D eigenvalue weighted by Gasteiger charge is 2.39. The first-order valence-corrected chi connectivity index (χ1v) is 6.00. The predicted molar refractivity (Wildman–Crippen MR) is 61.9 cm³/mol. The number of benzene rings is 1. The van der Waals surface area contributed by atoms with Crippen molar-refractivity contribution in [2.24, 2.45) is 5.73 Å². The Kier molecular flexibility index (Phi) is 3.57. The summed E-state index contributed by atoms with van der Waals surface area (Å²) < 4.78 is 56.7. The summed E-state index contributed by atoms with van der Waals surface area (Å²) in [6.45, 7) is 2.30. The van der Waals surface area contributed by atoms with Crippen molar-refractivity contribution in [3.63, 3.8) is 0 Å². The molecule has 19 heavy (non-hydrogen) atoms. The lowest BCUT2D eigenvalue weighted by Gasteiger charge is -2.31. The maximum absolute atomic E-state index is 13.2. The van der Waals surface area contributed by atoms with Crippen LogP contribution in [0.5, 0.6) is 0 Å². The van der Waals surface area contributed by atoms with Gasteiger partial charge in [0.05, 0.1) is 17.2 Å². The van der Waals surface area contributed by atoms with Gasteiger partial charge in [0.1, 0.15) is 5.82 Å². The fourth-order valence-electron chi connectivity index (χ4n) is 2.35. The third kappa shape index (κ3) is 2.74. The Balaban J connectivity index is 2.36. The summed E-state index contributed by atoms with van der Waals surface area (Å²) in [7, 11) is 0. The molecule has 0 spiro atoms. The van der Waals surface area contributed by atoms with E-state index >= 15 is 0 Å². The molecule has 1 heterocycles. The molecule has 2 unspecified atom stereocenters. The van der Waals surface area contributed by atoms with E-state index in [4.69, 9.17) is 10.5 Å². The minimum atomic E-state index is -4.72. The summed E-state index contributed by atoms with van der Waals surface area (Å²) in [6.07, 6.45) is -3.23. The van der Waals surface area contributed by atoms with E-state index in [0.29, 0.717) is 13.0 Å². The van der Waals surface area contributed by atoms with Gasteiger partial charge >= 0.3 is 6.18 Å². The van der Waals surface area contributed by atoms with Gasteiger partial charge in [-0.3, -0.25) is 0 Å². The van der Waals surface area contributed by atoms with Crippen molar-refractivity contribution in [1.82, 2.24) is 0 Å². The highest BCUT2D eigenvalue weighted by Crippen LogP contribution is 2.38. The lowest BCUT2D eigenvalue weighted by Crippen LogP contribution is -2.37. The number of nitrogens with two attached hydrogens (primary N) is 1. The summed E-state index contributed by atoms with van der Waals surface area (Å²) in [5.74, 6) is -1.29. The average molecular weight is 277 g/mol. The Morgan fingerprint density at radius 1 is 1.37 bits per heavy atom. The van der Waals surface area contributed by atoms with Crippen molar-refractivity contribution in [1.29, 1.82) is 0 Å². The van der Waals surface area contributed by atoms with E-state index in [1.54, 1.807) is 6.92 Å². The first kappa shape index (κ1) is 14.3. The van der Waals surface area contributed by atoms with Crippen LogP contribution in [0.15, 0.2) is 18.2 Å². The second-order valence-electron chi connectivity index (χ2n) is 4.98. The Hall–Kier alpha value is -1.14. The van der Waals surface area contributed by atoms with Crippen LogP contribution in [0.3, 0.4) is 0 Å². The van der Waals surface area contributed by atoms with Crippen LogP contribution < -0.4 is 5.73 Å². The molecule has 2 nitrogen and oxygen atoms in total. The topological polar surface area (TPSA) is 35.2 Å². The Morgan fingerprint density at radius 3 is 2.58 bits per heavy atom. The van der Waals surface area contributed by atoms with Crippen molar-refractivity contribution in [3.05, 3.63) is 35.1 Å². The zero-order chi connectivity index (χ0) is 14.3. The van der Waals surface area contributed by atoms with Crippen LogP contribution in [0.1, 0.15) is 36.9 Å². The predicted octanol–water partition coefficient (Wildman–Crippen LogP) is 3.41. The van der Waals surface area contributed by atoms with E-state index in [1.807, 2.05) is 0 Å². The molecule has 0 aromatic heterocycles. The largest absolute Gasteiger partial charge is 0.419 e. The molecular weight excluding hydrogens is 262 g/mol. The minimum absolute atomic E-state index is 0.234. The van der Waals surface area contributed by atoms with Gasteiger partial charge in [0.2, 0.25) is 0 Å². The molecule has 1 aliphatic rings. The third-order valence-corrected chi connectivity index (χ3v) is 3.56. The third-order valence-electron chi connectivity index (χ3n) is 3.56. The van der Waals surface area contributed by atoms with E-state index in [0.717, 1.165) is 18.6 Å². The van der Waals surface area contributed by atoms with Crippen molar-refractivity contribution < 1.29 is 22.3 Å². The molecule has 1 fully saturated rings. The number of hydrogen-bond acceptors (Lipinski definition) is 2. The molecule has 0 radical (unpaired) electrons. The van der Waals surface area contributed by atoms with Gasteiger partial charge < -0.3 is 10.5 Å². The SMILES string of the molecule is CC1(C(N)c2ccc(F)c(C(F)(F)F)c2)CCCO1. The molecule has 0 bridgehead atoms. The van der Waals surface area contributed by atoms with Gasteiger partial charge in [-0.05, 0) is 37.5 Å². The van der Waals surface area contributed by atoms with E-state index < -0.39 is 29.2 Å². The standard InChI is InChI=1S/C13H15F4NO/c1-12(5-2-6-19-12)11(18)8-3-4-10(14)9(7-8)13(15,16)17/h3-4,7,11H,2,5-6,18H2,1H3. The van der Waals surface area contributed by atoms with Crippen LogP contribution in [0.4, 0.5) is 17.6 Å². The van der Waals surface area contributed by atoms with Crippen molar-refractivity contribution in [3.8, 4) is 0 Å². The zero-order valence-electron chi connectivity index (χ0n) is 10.4. The fourth-order valence-corrected chi connectivity index (χ4v) is 2.35. The van der Waals surface area contributed by atoms with E-state index in [1.165, 1.54) is 6.07 Å². The summed E-state index contributed by atoms with van der Waals surface area (Å²) in [4.78, 5) is 0. The Labute approximate surface area is 108 Å². The molecule has 0 aliphatic carbocycles. The normalized spacial score (nSPS) is 25.6. The molecule has 2 N–H and O–H groups in total. The molecule has 1 saturated heterocycles. The summed E-state index contributed by atoms with van der Waals surface area (Å²) >= 11 is 0. The van der Waals surface area contributed by atoms with Gasteiger partial charge in [-0.2, -0.15) is 13.2 Å². The van der Waals surface area contributed by atoms with E-state index in [-0.39, 0.29) is 5.56 Å². The van der Waals surface area contributed by atoms with E-state index in [9.17, 15) is 17.6 Å². The zero-order valence-corrected chi connectivity index (χ0v) is 10.4. The lowest BCUT2D eigenvalue weighted by molar-refractivity contribution is -0.140. The van der Waals surface area contributed by atoms with Gasteiger partial charge in [-0.15, -0.1) is 0 Å². The van der Waals surface area contributed by atoms with Gasteiger partial charge in [0, 0.05) is 6.61 Å². The maximum atomic E-state index is 13.2. The van der Waals surface area contributed by atoms with Crippen molar-refractivity contribution >= 4 is 0 Å². The molecular formula is C13H15F4NO. The number of rotatable bonds is 2. The second-order valence-corrected chi connectivity index (χ2v) is 4.98. The van der Waals surface area contributed by atoms with Gasteiger partial charge in [0.15, 0.2) is 0 Å². The average Bonchev–Trinajstić information content (AvgIpc) is 2.76. The number of ether oxygens (including phenoxy) is 1. The molecule has 6 heteroatoms. The number of halogens is 4. The summed E-state index contributed by atoms with van der Waals surface area (Å²) in [5, 5.41) is 0. The second kappa shape index (κ2) is 4.76. The molecule has 106 valence electrons. The molecule has 0 amide bonds. The monoisotopic (exact) mass is 277 g/mol. The fraction of sp³-hybridized carbons (Fsp3) is 0.538. The molecule has 1 aromatic rings. The van der Waals surface area contributed by atoms with Crippen LogP contribution in [0, 0.1) is 5.82 Å². The maximum Gasteiger partial charge on any atom is 0.419 e. The smallest absolute Gasteiger partial charge is 0.373 e. The first-order chi connectivity index (χ1) is 8.74. The molecule has 1 aromatic carbocycles. The molecule has 0 saturated carbocycles. The van der Waals surface area contributed by atoms with Crippen LogP contribution in [-0.4, -0.2) is 12.2 Å².